The summed E-state index contributed by atoms with van der Waals surface area (Å²) in [6.07, 6.45) is 1.56. The summed E-state index contributed by atoms with van der Waals surface area (Å²) >= 11 is 0. The second-order valence-electron chi connectivity index (χ2n) is 3.69. The Hall–Kier alpha value is -1.88. The van der Waals surface area contributed by atoms with Crippen LogP contribution in [-0.4, -0.2) is 42.7 Å². The van der Waals surface area contributed by atoms with Crippen LogP contribution in [0.1, 0.15) is 10.4 Å². The van der Waals surface area contributed by atoms with E-state index in [2.05, 4.69) is 6.58 Å². The van der Waals surface area contributed by atoms with Gasteiger partial charge < -0.3 is 14.7 Å². The van der Waals surface area contributed by atoms with Crippen molar-refractivity contribution in [1.29, 1.82) is 0 Å². The van der Waals surface area contributed by atoms with Crippen molar-refractivity contribution in [2.45, 2.75) is 0 Å². The molecule has 0 bridgehead atoms. The van der Waals surface area contributed by atoms with E-state index in [1.165, 1.54) is 12.0 Å². The summed E-state index contributed by atoms with van der Waals surface area (Å²) in [6, 6.07) is 3.27. The summed E-state index contributed by atoms with van der Waals surface area (Å²) in [4.78, 5) is 13.5. The van der Waals surface area contributed by atoms with Gasteiger partial charge in [-0.3, -0.25) is 4.79 Å². The number of ether oxygens (including phenoxy) is 1. The molecule has 4 nitrogen and oxygen atoms in total. The number of methoxy groups -OCH3 is 1. The Morgan fingerprint density at radius 3 is 2.94 bits per heavy atom. The molecular weight excluding hydrogens is 237 g/mol. The average molecular weight is 253 g/mol. The smallest absolute Gasteiger partial charge is 0.258 e. The molecule has 0 aliphatic carbocycles. The molecule has 0 aromatic heterocycles. The van der Waals surface area contributed by atoms with Crippen LogP contribution in [0.25, 0.3) is 0 Å². The number of hydrogen-bond acceptors (Lipinski definition) is 3. The predicted octanol–water partition coefficient (Wildman–Crippen LogP) is 1.81. The van der Waals surface area contributed by atoms with Crippen molar-refractivity contribution in [3.63, 3.8) is 0 Å². The summed E-state index contributed by atoms with van der Waals surface area (Å²) in [5.74, 6) is -1.27. The number of carbonyl (C=O) groups is 1. The van der Waals surface area contributed by atoms with E-state index in [4.69, 9.17) is 4.74 Å². The number of phenolic OH excluding ortho intramolecular Hbond substituents is 1. The number of benzene rings is 1. The number of amides is 1. The maximum atomic E-state index is 13.1. The fraction of sp³-hybridized carbons (Fsp3) is 0.308. The lowest BCUT2D eigenvalue weighted by atomic mass is 10.1. The molecule has 0 radical (unpaired) electrons. The molecule has 1 aromatic rings. The van der Waals surface area contributed by atoms with Crippen molar-refractivity contribution >= 4 is 5.91 Å². The van der Waals surface area contributed by atoms with Crippen molar-refractivity contribution in [3.05, 3.63) is 42.2 Å². The molecule has 0 fully saturated rings. The fourth-order valence-electron chi connectivity index (χ4n) is 1.48. The molecule has 0 atom stereocenters. The van der Waals surface area contributed by atoms with E-state index in [1.54, 1.807) is 6.08 Å². The highest BCUT2D eigenvalue weighted by Crippen LogP contribution is 2.19. The monoisotopic (exact) mass is 253 g/mol. The standard InChI is InChI=1S/C13H16FNO3/c1-3-6-15(7-8-18-2)13(17)11-9-10(14)4-5-12(11)16/h3-5,9,16H,1,6-8H2,2H3. The Balaban J connectivity index is 2.93. The van der Waals surface area contributed by atoms with Gasteiger partial charge in [0.25, 0.3) is 5.91 Å². The summed E-state index contributed by atoms with van der Waals surface area (Å²) in [6.45, 7) is 4.56. The topological polar surface area (TPSA) is 49.8 Å². The van der Waals surface area contributed by atoms with Crippen LogP contribution in [-0.2, 0) is 4.74 Å². The number of halogens is 1. The number of aromatic hydroxyl groups is 1. The number of phenols is 1. The zero-order valence-corrected chi connectivity index (χ0v) is 10.2. The summed E-state index contributed by atoms with van der Waals surface area (Å²) in [7, 11) is 1.52. The maximum absolute atomic E-state index is 13.1. The van der Waals surface area contributed by atoms with Gasteiger partial charge in [-0.25, -0.2) is 4.39 Å². The maximum Gasteiger partial charge on any atom is 0.258 e. The third-order valence-corrected chi connectivity index (χ3v) is 2.39. The number of nitrogens with zero attached hydrogens (tertiary/aromatic N) is 1. The van der Waals surface area contributed by atoms with E-state index in [1.807, 2.05) is 0 Å². The van der Waals surface area contributed by atoms with Gasteiger partial charge in [0.1, 0.15) is 11.6 Å². The van der Waals surface area contributed by atoms with Crippen LogP contribution in [0.4, 0.5) is 4.39 Å². The van der Waals surface area contributed by atoms with Crippen molar-refractivity contribution < 1.29 is 19.0 Å². The summed E-state index contributed by atoms with van der Waals surface area (Å²) in [5, 5.41) is 9.58. The van der Waals surface area contributed by atoms with Gasteiger partial charge in [0, 0.05) is 20.2 Å². The SMILES string of the molecule is C=CCN(CCOC)C(=O)c1cc(F)ccc1O. The van der Waals surface area contributed by atoms with Gasteiger partial charge in [0.05, 0.1) is 12.2 Å². The van der Waals surface area contributed by atoms with Gasteiger partial charge >= 0.3 is 0 Å². The van der Waals surface area contributed by atoms with Crippen LogP contribution in [0.5, 0.6) is 5.75 Å². The first kappa shape index (κ1) is 14.2. The van der Waals surface area contributed by atoms with Crippen LogP contribution in [0.3, 0.4) is 0 Å². The van der Waals surface area contributed by atoms with Crippen molar-refractivity contribution in [2.75, 3.05) is 26.8 Å². The Bertz CT molecular complexity index is 434. The Morgan fingerprint density at radius 1 is 1.61 bits per heavy atom. The molecule has 98 valence electrons. The Labute approximate surface area is 105 Å². The van der Waals surface area contributed by atoms with Gasteiger partial charge in [-0.05, 0) is 18.2 Å². The quantitative estimate of drug-likeness (QED) is 0.786. The normalized spacial score (nSPS) is 10.1. The van der Waals surface area contributed by atoms with Gasteiger partial charge in [0.2, 0.25) is 0 Å². The second-order valence-corrected chi connectivity index (χ2v) is 3.69. The Kier molecular flexibility index (Phi) is 5.32. The molecular formula is C13H16FNO3. The molecule has 1 N–H and O–H groups in total. The summed E-state index contributed by atoms with van der Waals surface area (Å²) in [5.41, 5.74) is -0.0621. The Morgan fingerprint density at radius 2 is 2.33 bits per heavy atom. The fourth-order valence-corrected chi connectivity index (χ4v) is 1.48. The van der Waals surface area contributed by atoms with Crippen molar-refractivity contribution in [1.82, 2.24) is 4.90 Å². The molecule has 0 heterocycles. The molecule has 1 rings (SSSR count). The molecule has 0 unspecified atom stereocenters. The molecule has 1 aromatic carbocycles. The lowest BCUT2D eigenvalue weighted by Gasteiger charge is -2.21. The minimum absolute atomic E-state index is 0.0621. The highest BCUT2D eigenvalue weighted by molar-refractivity contribution is 5.96. The van der Waals surface area contributed by atoms with Crippen LogP contribution in [0.2, 0.25) is 0 Å². The van der Waals surface area contributed by atoms with E-state index in [0.717, 1.165) is 18.2 Å². The molecule has 0 spiro atoms. The minimum Gasteiger partial charge on any atom is -0.507 e. The molecule has 0 saturated carbocycles. The number of rotatable bonds is 6. The van der Waals surface area contributed by atoms with E-state index in [0.29, 0.717) is 19.7 Å². The average Bonchev–Trinajstić information content (AvgIpc) is 2.36. The summed E-state index contributed by atoms with van der Waals surface area (Å²) < 4.78 is 18.0. The highest BCUT2D eigenvalue weighted by atomic mass is 19.1. The number of carbonyl (C=O) groups excluding carboxylic acids is 1. The number of hydrogen-bond donors (Lipinski definition) is 1. The largest absolute Gasteiger partial charge is 0.507 e. The second kappa shape index (κ2) is 6.76. The third-order valence-electron chi connectivity index (χ3n) is 2.39. The zero-order chi connectivity index (χ0) is 13.5. The van der Waals surface area contributed by atoms with Gasteiger partial charge in [-0.1, -0.05) is 6.08 Å². The van der Waals surface area contributed by atoms with Crippen LogP contribution >= 0.6 is 0 Å². The van der Waals surface area contributed by atoms with E-state index < -0.39 is 11.7 Å². The van der Waals surface area contributed by atoms with E-state index in [9.17, 15) is 14.3 Å². The van der Waals surface area contributed by atoms with Gasteiger partial charge in [0.15, 0.2) is 0 Å². The van der Waals surface area contributed by atoms with E-state index in [-0.39, 0.29) is 11.3 Å². The highest BCUT2D eigenvalue weighted by Gasteiger charge is 2.18. The van der Waals surface area contributed by atoms with Gasteiger partial charge in [-0.2, -0.15) is 0 Å². The first-order valence-electron chi connectivity index (χ1n) is 5.47. The minimum atomic E-state index is -0.568. The van der Waals surface area contributed by atoms with Crippen molar-refractivity contribution in [2.24, 2.45) is 0 Å². The molecule has 1 amide bonds. The first-order valence-corrected chi connectivity index (χ1v) is 5.47. The van der Waals surface area contributed by atoms with E-state index >= 15 is 0 Å². The van der Waals surface area contributed by atoms with Crippen LogP contribution in [0.15, 0.2) is 30.9 Å². The zero-order valence-electron chi connectivity index (χ0n) is 10.2. The van der Waals surface area contributed by atoms with Crippen LogP contribution in [0, 0.1) is 5.82 Å². The first-order chi connectivity index (χ1) is 8.60. The molecule has 0 saturated heterocycles. The lowest BCUT2D eigenvalue weighted by Crippen LogP contribution is -2.34. The molecule has 0 aliphatic rings. The van der Waals surface area contributed by atoms with Gasteiger partial charge in [-0.15, -0.1) is 6.58 Å². The molecule has 0 aliphatic heterocycles. The van der Waals surface area contributed by atoms with Crippen LogP contribution < -0.4 is 0 Å². The predicted molar refractivity (Wildman–Crippen MR) is 66.0 cm³/mol. The third kappa shape index (κ3) is 3.56. The molecule has 18 heavy (non-hydrogen) atoms. The molecule has 5 heteroatoms. The van der Waals surface area contributed by atoms with Crippen molar-refractivity contribution in [3.8, 4) is 5.75 Å². The lowest BCUT2D eigenvalue weighted by molar-refractivity contribution is 0.0714.